The van der Waals surface area contributed by atoms with E-state index in [1.807, 2.05) is 0 Å². The van der Waals surface area contributed by atoms with Gasteiger partial charge in [-0.3, -0.25) is 14.2 Å². The molecule has 2 aromatic heterocycles. The number of benzene rings is 2. The Morgan fingerprint density at radius 3 is 2.81 bits per heavy atom. The van der Waals surface area contributed by atoms with Gasteiger partial charge in [0, 0.05) is 0 Å². The van der Waals surface area contributed by atoms with Crippen molar-refractivity contribution in [1.29, 1.82) is 0 Å². The van der Waals surface area contributed by atoms with E-state index in [0.29, 0.717) is 16.9 Å². The van der Waals surface area contributed by atoms with Gasteiger partial charge < -0.3 is 10.1 Å². The molecule has 0 radical (unpaired) electrons. The third kappa shape index (κ3) is 4.01. The number of hydrogen-bond donors (Lipinski definition) is 1. The first kappa shape index (κ1) is 19.9. The molecule has 0 aliphatic carbocycles. The summed E-state index contributed by atoms with van der Waals surface area (Å²) < 4.78 is 20.5. The number of halogens is 1. The standard InChI is InChI=1S/C20H15FN6O4/c1-31-20(30)16-9-27(25-24-16)17-5-3-2-4-15(17)23-18(28)10-26-11-22-14-7-6-12(21)8-13(14)19(26)29/h2-9,11H,10H2,1H3,(H,23,28). The van der Waals surface area contributed by atoms with Crippen LogP contribution in [0.5, 0.6) is 0 Å². The summed E-state index contributed by atoms with van der Waals surface area (Å²) in [4.78, 5) is 40.8. The first-order valence-electron chi connectivity index (χ1n) is 9.01. The summed E-state index contributed by atoms with van der Waals surface area (Å²) in [7, 11) is 1.23. The highest BCUT2D eigenvalue weighted by Gasteiger charge is 2.15. The van der Waals surface area contributed by atoms with Gasteiger partial charge in [-0.25, -0.2) is 18.9 Å². The van der Waals surface area contributed by atoms with Crippen LogP contribution in [0, 0.1) is 5.82 Å². The summed E-state index contributed by atoms with van der Waals surface area (Å²) in [5.41, 5.74) is 0.629. The maximum Gasteiger partial charge on any atom is 0.360 e. The molecular formula is C20H15FN6O4. The molecule has 1 N–H and O–H groups in total. The van der Waals surface area contributed by atoms with Crippen LogP contribution in [-0.2, 0) is 16.1 Å². The van der Waals surface area contributed by atoms with Crippen LogP contribution in [-0.4, -0.2) is 43.5 Å². The van der Waals surface area contributed by atoms with Gasteiger partial charge in [-0.2, -0.15) is 0 Å². The number of carbonyl (C=O) groups is 2. The second-order valence-corrected chi connectivity index (χ2v) is 6.44. The van der Waals surface area contributed by atoms with E-state index in [9.17, 15) is 18.8 Å². The molecule has 156 valence electrons. The summed E-state index contributed by atoms with van der Waals surface area (Å²) in [6.45, 7) is -0.336. The first-order chi connectivity index (χ1) is 15.0. The normalized spacial score (nSPS) is 10.8. The molecule has 4 rings (SSSR count). The van der Waals surface area contributed by atoms with E-state index < -0.39 is 23.3 Å². The van der Waals surface area contributed by atoms with Gasteiger partial charge in [-0.15, -0.1) is 5.10 Å². The molecule has 0 unspecified atom stereocenters. The molecule has 4 aromatic rings. The van der Waals surface area contributed by atoms with E-state index in [4.69, 9.17) is 0 Å². The van der Waals surface area contributed by atoms with Crippen molar-refractivity contribution < 1.29 is 18.7 Å². The average molecular weight is 422 g/mol. The number of para-hydroxylation sites is 2. The number of aromatic nitrogens is 5. The lowest BCUT2D eigenvalue weighted by molar-refractivity contribution is -0.116. The largest absolute Gasteiger partial charge is 0.464 e. The number of hydrogen-bond acceptors (Lipinski definition) is 7. The first-order valence-corrected chi connectivity index (χ1v) is 9.01. The summed E-state index contributed by atoms with van der Waals surface area (Å²) >= 11 is 0. The Bertz CT molecular complexity index is 1360. The number of esters is 1. The zero-order valence-electron chi connectivity index (χ0n) is 16.2. The van der Waals surface area contributed by atoms with Gasteiger partial charge in [0.25, 0.3) is 5.56 Å². The number of nitrogens with zero attached hydrogens (tertiary/aromatic N) is 5. The molecule has 2 heterocycles. The molecule has 0 fully saturated rings. The maximum absolute atomic E-state index is 13.5. The third-order valence-electron chi connectivity index (χ3n) is 4.41. The lowest BCUT2D eigenvalue weighted by atomic mass is 10.2. The molecule has 11 heteroatoms. The Hall–Kier alpha value is -4.41. The van der Waals surface area contributed by atoms with Gasteiger partial charge in [0.2, 0.25) is 5.91 Å². The number of rotatable bonds is 5. The van der Waals surface area contributed by atoms with Crippen molar-refractivity contribution in [3.63, 3.8) is 0 Å². The number of amides is 1. The number of anilines is 1. The lowest BCUT2D eigenvalue weighted by Crippen LogP contribution is -2.28. The van der Waals surface area contributed by atoms with E-state index >= 15 is 0 Å². The molecule has 0 saturated carbocycles. The molecule has 1 amide bonds. The van der Waals surface area contributed by atoms with Crippen molar-refractivity contribution in [1.82, 2.24) is 24.5 Å². The zero-order valence-corrected chi connectivity index (χ0v) is 16.2. The monoisotopic (exact) mass is 422 g/mol. The summed E-state index contributed by atoms with van der Waals surface area (Å²) in [5, 5.41) is 10.4. The number of nitrogens with one attached hydrogen (secondary N) is 1. The van der Waals surface area contributed by atoms with Crippen molar-refractivity contribution in [2.24, 2.45) is 0 Å². The van der Waals surface area contributed by atoms with Crippen molar-refractivity contribution >= 4 is 28.5 Å². The van der Waals surface area contributed by atoms with E-state index in [1.165, 1.54) is 36.4 Å². The van der Waals surface area contributed by atoms with Crippen LogP contribution in [0.25, 0.3) is 16.6 Å². The van der Waals surface area contributed by atoms with E-state index in [0.717, 1.165) is 10.6 Å². The van der Waals surface area contributed by atoms with Gasteiger partial charge >= 0.3 is 5.97 Å². The Morgan fingerprint density at radius 1 is 1.19 bits per heavy atom. The molecule has 0 bridgehead atoms. The molecule has 31 heavy (non-hydrogen) atoms. The summed E-state index contributed by atoms with van der Waals surface area (Å²) in [6, 6.07) is 10.4. The summed E-state index contributed by atoms with van der Waals surface area (Å²) in [5.74, 6) is -1.73. The zero-order chi connectivity index (χ0) is 22.0. The Morgan fingerprint density at radius 2 is 2.00 bits per heavy atom. The average Bonchev–Trinajstić information content (AvgIpc) is 3.26. The van der Waals surface area contributed by atoms with Crippen molar-refractivity contribution in [3.05, 3.63) is 76.9 Å². The topological polar surface area (TPSA) is 121 Å². The van der Waals surface area contributed by atoms with Crippen LogP contribution >= 0.6 is 0 Å². The summed E-state index contributed by atoms with van der Waals surface area (Å²) in [6.07, 6.45) is 2.59. The SMILES string of the molecule is COC(=O)c1cn(-c2ccccc2NC(=O)Cn2cnc3ccc(F)cc3c2=O)nn1. The molecule has 0 aliphatic rings. The van der Waals surface area contributed by atoms with Crippen molar-refractivity contribution in [3.8, 4) is 5.69 Å². The van der Waals surface area contributed by atoms with E-state index in [1.54, 1.807) is 24.3 Å². The fourth-order valence-electron chi connectivity index (χ4n) is 2.95. The fourth-order valence-corrected chi connectivity index (χ4v) is 2.95. The highest BCUT2D eigenvalue weighted by Crippen LogP contribution is 2.19. The molecule has 0 spiro atoms. The predicted molar refractivity (Wildman–Crippen MR) is 107 cm³/mol. The minimum Gasteiger partial charge on any atom is -0.464 e. The smallest absolute Gasteiger partial charge is 0.360 e. The van der Waals surface area contributed by atoms with Gasteiger partial charge in [-0.05, 0) is 30.3 Å². The van der Waals surface area contributed by atoms with Gasteiger partial charge in [0.15, 0.2) is 5.69 Å². The minimum atomic E-state index is -0.646. The van der Waals surface area contributed by atoms with Gasteiger partial charge in [0.1, 0.15) is 12.4 Å². The number of methoxy groups -OCH3 is 1. The van der Waals surface area contributed by atoms with Crippen LogP contribution < -0.4 is 10.9 Å². The van der Waals surface area contributed by atoms with Crippen LogP contribution in [0.2, 0.25) is 0 Å². The Labute approximate surface area is 173 Å². The quantitative estimate of drug-likeness (QED) is 0.484. The minimum absolute atomic E-state index is 0.00431. The Kier molecular flexibility index (Phi) is 5.22. The van der Waals surface area contributed by atoms with Crippen molar-refractivity contribution in [2.45, 2.75) is 6.54 Å². The highest BCUT2D eigenvalue weighted by molar-refractivity contribution is 5.93. The van der Waals surface area contributed by atoms with Crippen LogP contribution in [0.1, 0.15) is 10.5 Å². The molecule has 10 nitrogen and oxygen atoms in total. The molecule has 2 aromatic carbocycles. The maximum atomic E-state index is 13.5. The predicted octanol–water partition coefficient (Wildman–Crippen LogP) is 1.54. The molecule has 0 atom stereocenters. The molecule has 0 aliphatic heterocycles. The van der Waals surface area contributed by atoms with Crippen LogP contribution in [0.15, 0.2) is 59.8 Å². The molecular weight excluding hydrogens is 407 g/mol. The second kappa shape index (κ2) is 8.14. The molecule has 0 saturated heterocycles. The van der Waals surface area contributed by atoms with Gasteiger partial charge in [0.05, 0.1) is 41.9 Å². The van der Waals surface area contributed by atoms with E-state index in [2.05, 4.69) is 25.3 Å². The highest BCUT2D eigenvalue weighted by atomic mass is 19.1. The Balaban J connectivity index is 1.58. The lowest BCUT2D eigenvalue weighted by Gasteiger charge is -2.11. The van der Waals surface area contributed by atoms with Crippen LogP contribution in [0.3, 0.4) is 0 Å². The van der Waals surface area contributed by atoms with Crippen LogP contribution in [0.4, 0.5) is 10.1 Å². The van der Waals surface area contributed by atoms with Crippen molar-refractivity contribution in [2.75, 3.05) is 12.4 Å². The third-order valence-corrected chi connectivity index (χ3v) is 4.41. The second-order valence-electron chi connectivity index (χ2n) is 6.44. The fraction of sp³-hybridized carbons (Fsp3) is 0.100. The number of ether oxygens (including phenoxy) is 1. The van der Waals surface area contributed by atoms with Gasteiger partial charge in [-0.1, -0.05) is 17.3 Å². The van der Waals surface area contributed by atoms with E-state index in [-0.39, 0.29) is 17.6 Å². The number of fused-ring (bicyclic) bond motifs is 1. The number of carbonyl (C=O) groups excluding carboxylic acids is 2.